The van der Waals surface area contributed by atoms with Crippen LogP contribution in [0.5, 0.6) is 0 Å². The number of allylic oxidation sites excluding steroid dienone is 8. The molecule has 0 N–H and O–H groups in total. The van der Waals surface area contributed by atoms with Gasteiger partial charge in [-0.15, -0.1) is 0 Å². The first-order valence-corrected chi connectivity index (χ1v) is 19.0. The number of nitrogens with zero attached hydrogens (tertiary/aromatic N) is 1. The van der Waals surface area contributed by atoms with Gasteiger partial charge in [0.2, 0.25) is 0 Å². The Hall–Kier alpha value is -6.44. The molecule has 2 aliphatic rings. The number of hydrogen-bond donors (Lipinski definition) is 0. The Bertz CT molecular complexity index is 2470. The lowest BCUT2D eigenvalue weighted by Gasteiger charge is -2.28. The first kappa shape index (κ1) is 35.6. The highest BCUT2D eigenvalue weighted by atomic mass is 15.1. The maximum atomic E-state index is 4.56. The van der Waals surface area contributed by atoms with Gasteiger partial charge in [-0.3, -0.25) is 0 Å². The van der Waals surface area contributed by atoms with Crippen LogP contribution >= 0.6 is 0 Å². The zero-order chi connectivity index (χ0) is 38.5. The minimum Gasteiger partial charge on any atom is -0.310 e. The maximum Gasteiger partial charge on any atom is 0.0465 e. The van der Waals surface area contributed by atoms with Crippen molar-refractivity contribution in [2.75, 3.05) is 4.90 Å². The largest absolute Gasteiger partial charge is 0.310 e. The van der Waals surface area contributed by atoms with E-state index < -0.39 is 0 Å². The number of rotatable bonds is 10. The van der Waals surface area contributed by atoms with Crippen LogP contribution < -0.4 is 4.90 Å². The van der Waals surface area contributed by atoms with Crippen LogP contribution in [0.2, 0.25) is 0 Å². The fourth-order valence-corrected chi connectivity index (χ4v) is 8.68. The molecule has 6 aromatic carbocycles. The highest BCUT2D eigenvalue weighted by Gasteiger charge is 2.43. The average Bonchev–Trinajstić information content (AvgIpc) is 3.58. The third kappa shape index (κ3) is 5.97. The summed E-state index contributed by atoms with van der Waals surface area (Å²) in [6.07, 6.45) is 7.68. The van der Waals surface area contributed by atoms with E-state index in [-0.39, 0.29) is 10.8 Å². The van der Waals surface area contributed by atoms with E-state index in [9.17, 15) is 0 Å². The van der Waals surface area contributed by atoms with Crippen molar-refractivity contribution in [3.63, 3.8) is 0 Å². The molecule has 0 heterocycles. The van der Waals surface area contributed by atoms with E-state index in [1.165, 1.54) is 61.2 Å². The normalized spacial score (nSPS) is 14.6. The molecular weight excluding hydrogens is 663 g/mol. The average molecular weight is 710 g/mol. The topological polar surface area (TPSA) is 3.24 Å². The minimum atomic E-state index is -0.247. The van der Waals surface area contributed by atoms with Crippen LogP contribution in [0.4, 0.5) is 17.1 Å². The minimum absolute atomic E-state index is 0.242. The molecular formula is C54H47N. The molecule has 0 bridgehead atoms. The van der Waals surface area contributed by atoms with Gasteiger partial charge in [-0.05, 0) is 126 Å². The zero-order valence-corrected chi connectivity index (χ0v) is 32.4. The van der Waals surface area contributed by atoms with Crippen LogP contribution in [0.3, 0.4) is 0 Å². The van der Waals surface area contributed by atoms with Gasteiger partial charge in [0, 0.05) is 27.9 Å². The molecule has 268 valence electrons. The summed E-state index contributed by atoms with van der Waals surface area (Å²) in [5.74, 6) is 0. The van der Waals surface area contributed by atoms with Crippen LogP contribution in [0.25, 0.3) is 39.0 Å². The Morgan fingerprint density at radius 2 is 0.982 bits per heavy atom. The van der Waals surface area contributed by atoms with Gasteiger partial charge in [0.15, 0.2) is 0 Å². The fraction of sp³-hybridized carbons (Fsp3) is 0.111. The molecule has 0 radical (unpaired) electrons. The lowest BCUT2D eigenvalue weighted by atomic mass is 9.78. The highest BCUT2D eigenvalue weighted by molar-refractivity contribution is 5.97. The predicted molar refractivity (Wildman–Crippen MR) is 237 cm³/mol. The van der Waals surface area contributed by atoms with E-state index in [0.29, 0.717) is 0 Å². The van der Waals surface area contributed by atoms with Crippen LogP contribution in [0, 0.1) is 0 Å². The van der Waals surface area contributed by atoms with Crippen molar-refractivity contribution in [1.29, 1.82) is 0 Å². The van der Waals surface area contributed by atoms with E-state index in [2.05, 4.69) is 198 Å². The van der Waals surface area contributed by atoms with Crippen LogP contribution in [-0.4, -0.2) is 0 Å². The first-order valence-electron chi connectivity index (χ1n) is 19.0. The van der Waals surface area contributed by atoms with Crippen molar-refractivity contribution in [3.8, 4) is 33.4 Å². The summed E-state index contributed by atoms with van der Waals surface area (Å²) >= 11 is 0. The molecule has 2 aliphatic carbocycles. The van der Waals surface area contributed by atoms with Crippen LogP contribution in [0.15, 0.2) is 207 Å². The number of benzene rings is 6. The highest BCUT2D eigenvalue weighted by Crippen LogP contribution is 2.57. The molecule has 55 heavy (non-hydrogen) atoms. The van der Waals surface area contributed by atoms with Crippen molar-refractivity contribution in [2.24, 2.45) is 0 Å². The summed E-state index contributed by atoms with van der Waals surface area (Å²) in [5.41, 5.74) is 19.5. The molecule has 0 unspecified atom stereocenters. The number of hydrogen-bond acceptors (Lipinski definition) is 1. The zero-order valence-electron chi connectivity index (χ0n) is 32.4. The maximum absolute atomic E-state index is 4.56. The second-order valence-corrected chi connectivity index (χ2v) is 15.7. The Labute approximate surface area is 327 Å². The molecule has 0 spiro atoms. The van der Waals surface area contributed by atoms with E-state index in [0.717, 1.165) is 33.8 Å². The molecule has 0 saturated carbocycles. The van der Waals surface area contributed by atoms with Crippen molar-refractivity contribution < 1.29 is 0 Å². The van der Waals surface area contributed by atoms with Crippen molar-refractivity contribution in [3.05, 3.63) is 229 Å². The van der Waals surface area contributed by atoms with Gasteiger partial charge in [-0.2, -0.15) is 0 Å². The van der Waals surface area contributed by atoms with Crippen molar-refractivity contribution >= 4 is 22.6 Å². The smallest absolute Gasteiger partial charge is 0.0465 e. The summed E-state index contributed by atoms with van der Waals surface area (Å²) in [4.78, 5) is 2.38. The number of fused-ring (bicyclic) bond motifs is 4. The Morgan fingerprint density at radius 1 is 0.509 bits per heavy atom. The van der Waals surface area contributed by atoms with E-state index in [1.54, 1.807) is 6.08 Å². The Morgan fingerprint density at radius 3 is 1.51 bits per heavy atom. The van der Waals surface area contributed by atoms with Crippen molar-refractivity contribution in [2.45, 2.75) is 38.5 Å². The second-order valence-electron chi connectivity index (χ2n) is 15.7. The van der Waals surface area contributed by atoms with Gasteiger partial charge < -0.3 is 4.90 Å². The quantitative estimate of drug-likeness (QED) is 0.128. The fourth-order valence-electron chi connectivity index (χ4n) is 8.68. The molecule has 6 aromatic rings. The molecule has 0 atom stereocenters. The lowest BCUT2D eigenvalue weighted by molar-refractivity contribution is 0.647. The molecule has 0 saturated heterocycles. The third-order valence-electron chi connectivity index (χ3n) is 11.7. The van der Waals surface area contributed by atoms with E-state index in [4.69, 9.17) is 0 Å². The molecule has 8 rings (SSSR count). The predicted octanol–water partition coefficient (Wildman–Crippen LogP) is 14.9. The van der Waals surface area contributed by atoms with Gasteiger partial charge in [0.25, 0.3) is 0 Å². The molecule has 0 aromatic heterocycles. The molecule has 0 fully saturated rings. The third-order valence-corrected chi connectivity index (χ3v) is 11.7. The van der Waals surface area contributed by atoms with Gasteiger partial charge in [-0.1, -0.05) is 169 Å². The van der Waals surface area contributed by atoms with Gasteiger partial charge in [0.1, 0.15) is 0 Å². The van der Waals surface area contributed by atoms with Gasteiger partial charge >= 0.3 is 0 Å². The Balaban J connectivity index is 1.24. The summed E-state index contributed by atoms with van der Waals surface area (Å²) in [6.45, 7) is 26.4. The number of anilines is 3. The van der Waals surface area contributed by atoms with Crippen molar-refractivity contribution in [1.82, 2.24) is 0 Å². The van der Waals surface area contributed by atoms with E-state index >= 15 is 0 Å². The summed E-state index contributed by atoms with van der Waals surface area (Å²) < 4.78 is 0. The molecule has 0 aliphatic heterocycles. The molecule has 1 heteroatoms. The standard InChI is InChI=1S/C54H47N/c1-9-11-18-36(3)37(4)52-47-35-50-46(34-51(47)53(5,6)48(52)10-2)45-32-31-44(33-49(45)54(50,7)8)55(42-27-23-40(24-28-42)38-19-14-12-15-20-38)43-29-25-41(26-30-43)39-21-16-13-17-22-39/h9-35H,1-4H2,5-8H3/b18-11-. The summed E-state index contributed by atoms with van der Waals surface area (Å²) in [7, 11) is 0. The summed E-state index contributed by atoms with van der Waals surface area (Å²) in [6, 6.07) is 50.9. The molecule has 0 amide bonds. The molecule has 1 nitrogen and oxygen atoms in total. The summed E-state index contributed by atoms with van der Waals surface area (Å²) in [5, 5.41) is 0. The monoisotopic (exact) mass is 709 g/mol. The lowest BCUT2D eigenvalue weighted by Crippen LogP contribution is -2.18. The van der Waals surface area contributed by atoms with Crippen LogP contribution in [-0.2, 0) is 10.8 Å². The van der Waals surface area contributed by atoms with Gasteiger partial charge in [0.05, 0.1) is 0 Å². The van der Waals surface area contributed by atoms with Crippen LogP contribution in [0.1, 0.15) is 49.9 Å². The first-order chi connectivity index (χ1) is 26.5. The van der Waals surface area contributed by atoms with E-state index in [1.807, 2.05) is 18.2 Å². The Kier molecular flexibility index (Phi) is 8.90. The SMILES string of the molecule is C=C/C=C\C(=C)C(=C)C1=C(C=C)C(C)(C)c2cc3c(cc21)C(C)(C)c1cc(N(c2ccc(-c4ccccc4)cc2)c2ccc(-c4ccccc4)cc2)ccc1-3. The van der Waals surface area contributed by atoms with Gasteiger partial charge in [-0.25, -0.2) is 0 Å². The second kappa shape index (κ2) is 13.8.